The van der Waals surface area contributed by atoms with Crippen LogP contribution in [0.2, 0.25) is 0 Å². The Morgan fingerprint density at radius 3 is 2.33 bits per heavy atom. The molecular formula is C22H23N3O4S. The summed E-state index contributed by atoms with van der Waals surface area (Å²) in [5, 5.41) is 10.8. The lowest BCUT2D eigenvalue weighted by atomic mass is 9.99. The van der Waals surface area contributed by atoms with Gasteiger partial charge in [-0.05, 0) is 44.0 Å². The molecule has 2 aromatic rings. The maximum Gasteiger partial charge on any atom is 0.269 e. The molecule has 2 fully saturated rings. The van der Waals surface area contributed by atoms with E-state index in [1.165, 1.54) is 24.3 Å². The fourth-order valence-corrected chi connectivity index (χ4v) is 5.67. The highest BCUT2D eigenvalue weighted by Crippen LogP contribution is 2.44. The minimum absolute atomic E-state index is 0.0307. The molecule has 30 heavy (non-hydrogen) atoms. The molecule has 0 aliphatic carbocycles. The number of nitrogens with zero attached hydrogens (tertiary/aromatic N) is 3. The van der Waals surface area contributed by atoms with Gasteiger partial charge in [0.25, 0.3) is 17.5 Å². The van der Waals surface area contributed by atoms with Gasteiger partial charge in [-0.2, -0.15) is 0 Å². The third-order valence-electron chi connectivity index (χ3n) is 5.84. The van der Waals surface area contributed by atoms with Gasteiger partial charge in [0.1, 0.15) is 0 Å². The monoisotopic (exact) mass is 425 g/mol. The zero-order valence-corrected chi connectivity index (χ0v) is 17.6. The average Bonchev–Trinajstić information content (AvgIpc) is 3.16. The normalized spacial score (nSPS) is 17.9. The van der Waals surface area contributed by atoms with Gasteiger partial charge in [-0.3, -0.25) is 19.7 Å². The molecule has 0 unspecified atom stereocenters. The van der Waals surface area contributed by atoms with Gasteiger partial charge in [0, 0.05) is 48.6 Å². The van der Waals surface area contributed by atoms with Crippen LogP contribution in [0.5, 0.6) is 0 Å². The summed E-state index contributed by atoms with van der Waals surface area (Å²) < 4.78 is 0. The average molecular weight is 426 g/mol. The zero-order valence-electron chi connectivity index (χ0n) is 16.7. The molecule has 8 heteroatoms. The third kappa shape index (κ3) is 3.79. The number of rotatable bonds is 3. The van der Waals surface area contributed by atoms with E-state index in [-0.39, 0.29) is 22.4 Å². The van der Waals surface area contributed by atoms with Crippen LogP contribution >= 0.6 is 11.8 Å². The van der Waals surface area contributed by atoms with Crippen LogP contribution in [0, 0.1) is 17.0 Å². The summed E-state index contributed by atoms with van der Waals surface area (Å²) in [6.45, 7) is 3.81. The highest BCUT2D eigenvalue weighted by Gasteiger charge is 2.47. The number of aryl methyl sites for hydroxylation is 1. The number of non-ortho nitro benzene ring substituents is 1. The Labute approximate surface area is 179 Å². The predicted octanol–water partition coefficient (Wildman–Crippen LogP) is 3.72. The Balaban J connectivity index is 1.45. The van der Waals surface area contributed by atoms with Gasteiger partial charge in [-0.25, -0.2) is 0 Å². The van der Waals surface area contributed by atoms with Crippen molar-refractivity contribution in [3.63, 3.8) is 0 Å². The molecule has 4 rings (SSSR count). The van der Waals surface area contributed by atoms with E-state index in [4.69, 9.17) is 0 Å². The van der Waals surface area contributed by atoms with Crippen LogP contribution in [0.25, 0.3) is 0 Å². The fourth-order valence-electron chi connectivity index (χ4n) is 4.21. The van der Waals surface area contributed by atoms with Crippen molar-refractivity contribution < 1.29 is 14.5 Å². The van der Waals surface area contributed by atoms with Crippen LogP contribution in [0.4, 0.5) is 5.69 Å². The van der Waals surface area contributed by atoms with Gasteiger partial charge in [-0.15, -0.1) is 11.8 Å². The van der Waals surface area contributed by atoms with E-state index in [2.05, 4.69) is 0 Å². The number of piperidine rings is 1. The SMILES string of the molecule is Cc1cccc(C(=O)N2CCSC23CCN(C(=O)c2ccc([N+](=O)[O-])cc2)CC3)c1. The summed E-state index contributed by atoms with van der Waals surface area (Å²) >= 11 is 1.81. The second-order valence-corrected chi connectivity index (χ2v) is 9.17. The summed E-state index contributed by atoms with van der Waals surface area (Å²) in [6, 6.07) is 13.4. The Hall–Kier alpha value is -2.87. The second kappa shape index (κ2) is 8.10. The Bertz CT molecular complexity index is 984. The van der Waals surface area contributed by atoms with Gasteiger partial charge in [-0.1, -0.05) is 17.7 Å². The largest absolute Gasteiger partial charge is 0.338 e. The molecule has 7 nitrogen and oxygen atoms in total. The molecule has 0 bridgehead atoms. The van der Waals surface area contributed by atoms with Crippen LogP contribution < -0.4 is 0 Å². The first kappa shape index (κ1) is 20.4. The van der Waals surface area contributed by atoms with Gasteiger partial charge >= 0.3 is 0 Å². The van der Waals surface area contributed by atoms with Gasteiger partial charge in [0.05, 0.1) is 9.79 Å². The molecule has 0 saturated carbocycles. The predicted molar refractivity (Wildman–Crippen MR) is 116 cm³/mol. The van der Waals surface area contributed by atoms with Crippen LogP contribution in [-0.4, -0.2) is 56.8 Å². The molecule has 0 aromatic heterocycles. The molecule has 2 aliphatic heterocycles. The molecule has 1 spiro atoms. The first-order chi connectivity index (χ1) is 14.4. The fraction of sp³-hybridized carbons (Fsp3) is 0.364. The van der Waals surface area contributed by atoms with Crippen LogP contribution in [0.1, 0.15) is 39.1 Å². The molecule has 2 aliphatic rings. The minimum atomic E-state index is -0.476. The number of amides is 2. The molecule has 0 atom stereocenters. The quantitative estimate of drug-likeness (QED) is 0.553. The Morgan fingerprint density at radius 2 is 1.70 bits per heavy atom. The van der Waals surface area contributed by atoms with Crippen LogP contribution in [-0.2, 0) is 0 Å². The van der Waals surface area contributed by atoms with Crippen molar-refractivity contribution in [1.29, 1.82) is 0 Å². The van der Waals surface area contributed by atoms with Gasteiger partial charge in [0.15, 0.2) is 0 Å². The van der Waals surface area contributed by atoms with E-state index in [1.807, 2.05) is 47.9 Å². The highest BCUT2D eigenvalue weighted by molar-refractivity contribution is 8.00. The number of likely N-dealkylation sites (tertiary alicyclic amines) is 1. The van der Waals surface area contributed by atoms with Crippen molar-refractivity contribution in [3.8, 4) is 0 Å². The zero-order chi connectivity index (χ0) is 21.3. The number of hydrogen-bond acceptors (Lipinski definition) is 5. The van der Waals surface area contributed by atoms with Crippen molar-refractivity contribution in [2.75, 3.05) is 25.4 Å². The lowest BCUT2D eigenvalue weighted by Gasteiger charge is -2.44. The summed E-state index contributed by atoms with van der Waals surface area (Å²) in [4.78, 5) is 39.8. The van der Waals surface area contributed by atoms with Crippen molar-refractivity contribution >= 4 is 29.3 Å². The third-order valence-corrected chi connectivity index (χ3v) is 7.40. The summed E-state index contributed by atoms with van der Waals surface area (Å²) in [5.74, 6) is 0.826. The topological polar surface area (TPSA) is 83.8 Å². The van der Waals surface area contributed by atoms with E-state index in [9.17, 15) is 19.7 Å². The summed E-state index contributed by atoms with van der Waals surface area (Å²) in [5.41, 5.74) is 2.19. The highest BCUT2D eigenvalue weighted by atomic mass is 32.2. The van der Waals surface area contributed by atoms with E-state index in [1.54, 1.807) is 4.90 Å². The molecule has 156 valence electrons. The lowest BCUT2D eigenvalue weighted by Crippen LogP contribution is -2.53. The smallest absolute Gasteiger partial charge is 0.269 e. The van der Waals surface area contributed by atoms with E-state index in [0.29, 0.717) is 43.6 Å². The number of nitro benzene ring substituents is 1. The summed E-state index contributed by atoms with van der Waals surface area (Å²) in [7, 11) is 0. The number of carbonyl (C=O) groups excluding carboxylic acids is 2. The molecule has 2 heterocycles. The van der Waals surface area contributed by atoms with Crippen LogP contribution in [0.3, 0.4) is 0 Å². The second-order valence-electron chi connectivity index (χ2n) is 7.72. The lowest BCUT2D eigenvalue weighted by molar-refractivity contribution is -0.384. The van der Waals surface area contributed by atoms with Gasteiger partial charge < -0.3 is 9.80 Å². The minimum Gasteiger partial charge on any atom is -0.338 e. The summed E-state index contributed by atoms with van der Waals surface area (Å²) in [6.07, 6.45) is 1.43. The number of thioether (sulfide) groups is 1. The number of nitro groups is 1. The molecule has 0 radical (unpaired) electrons. The van der Waals surface area contributed by atoms with Crippen molar-refractivity contribution in [1.82, 2.24) is 9.80 Å². The maximum atomic E-state index is 13.2. The number of carbonyl (C=O) groups is 2. The Kier molecular flexibility index (Phi) is 5.51. The first-order valence-corrected chi connectivity index (χ1v) is 10.9. The van der Waals surface area contributed by atoms with Gasteiger partial charge in [0.2, 0.25) is 0 Å². The first-order valence-electron chi connectivity index (χ1n) is 9.96. The Morgan fingerprint density at radius 1 is 1.00 bits per heavy atom. The number of hydrogen-bond donors (Lipinski definition) is 0. The van der Waals surface area contributed by atoms with Crippen molar-refractivity contribution in [2.24, 2.45) is 0 Å². The molecule has 2 aromatic carbocycles. The molecule has 2 amide bonds. The van der Waals surface area contributed by atoms with E-state index >= 15 is 0 Å². The molecule has 2 saturated heterocycles. The van der Waals surface area contributed by atoms with E-state index < -0.39 is 4.92 Å². The van der Waals surface area contributed by atoms with E-state index in [0.717, 1.165) is 11.3 Å². The number of benzene rings is 2. The molecule has 0 N–H and O–H groups in total. The standard InChI is InChI=1S/C22H23N3O4S/c1-16-3-2-4-18(15-16)21(27)24-13-14-30-22(24)9-11-23(12-10-22)20(26)17-5-7-19(8-6-17)25(28)29/h2-8,15H,9-14H2,1H3. The van der Waals surface area contributed by atoms with Crippen molar-refractivity contribution in [2.45, 2.75) is 24.6 Å². The molecular weight excluding hydrogens is 402 g/mol. The maximum absolute atomic E-state index is 13.2. The van der Waals surface area contributed by atoms with Crippen molar-refractivity contribution in [3.05, 3.63) is 75.3 Å². The van der Waals surface area contributed by atoms with Crippen LogP contribution in [0.15, 0.2) is 48.5 Å².